The number of carbonyl (C=O) groups is 1. The number of ketones is 1. The number of aliphatic hydroxyl groups is 1. The van der Waals surface area contributed by atoms with Gasteiger partial charge in [-0.3, -0.25) is 4.79 Å². The normalized spacial score (nSPS) is 34.2. The van der Waals surface area contributed by atoms with Crippen LogP contribution >= 0.6 is 0 Å². The van der Waals surface area contributed by atoms with Crippen LogP contribution in [0.1, 0.15) is 64.7 Å². The molecule has 0 heterocycles. The first-order valence-electron chi connectivity index (χ1n) is 6.92. The molecule has 0 spiro atoms. The number of carbonyl (C=O) groups excluding carboxylic acids is 1. The van der Waals surface area contributed by atoms with Crippen molar-refractivity contribution in [3.8, 4) is 0 Å². The fourth-order valence-corrected chi connectivity index (χ4v) is 3.75. The largest absolute Gasteiger partial charge is 0.392 e. The molecule has 92 valence electrons. The van der Waals surface area contributed by atoms with Gasteiger partial charge in [0.05, 0.1) is 11.5 Å². The van der Waals surface area contributed by atoms with Gasteiger partial charge in [0.25, 0.3) is 0 Å². The Labute approximate surface area is 98.4 Å². The maximum absolute atomic E-state index is 12.1. The summed E-state index contributed by atoms with van der Waals surface area (Å²) in [6.45, 7) is 2.06. The van der Waals surface area contributed by atoms with E-state index in [1.54, 1.807) is 0 Å². The molecular formula is C14H24O2. The zero-order chi connectivity index (χ0) is 11.6. The zero-order valence-corrected chi connectivity index (χ0v) is 10.4. The maximum atomic E-state index is 12.1. The van der Waals surface area contributed by atoms with Crippen molar-refractivity contribution in [1.29, 1.82) is 0 Å². The quantitative estimate of drug-likeness (QED) is 0.800. The molecule has 0 radical (unpaired) electrons. The number of hydrogen-bond acceptors (Lipinski definition) is 2. The highest BCUT2D eigenvalue weighted by Crippen LogP contribution is 2.45. The van der Waals surface area contributed by atoms with Crippen LogP contribution in [0.15, 0.2) is 0 Å². The molecule has 0 amide bonds. The first-order chi connectivity index (χ1) is 7.70. The van der Waals surface area contributed by atoms with Gasteiger partial charge < -0.3 is 5.11 Å². The van der Waals surface area contributed by atoms with Crippen molar-refractivity contribution in [3.63, 3.8) is 0 Å². The molecule has 0 aliphatic heterocycles. The number of hydrogen-bond donors (Lipinski definition) is 1. The SMILES string of the molecule is CC[C@@]1([C@@H](O)C2CCCCC2)CCCC1=O. The van der Waals surface area contributed by atoms with E-state index < -0.39 is 0 Å². The second-order valence-corrected chi connectivity index (χ2v) is 5.63. The highest BCUT2D eigenvalue weighted by Gasteiger charge is 2.48. The molecule has 16 heavy (non-hydrogen) atoms. The summed E-state index contributed by atoms with van der Waals surface area (Å²) in [5.41, 5.74) is -0.373. The predicted molar refractivity (Wildman–Crippen MR) is 64.2 cm³/mol. The van der Waals surface area contributed by atoms with Gasteiger partial charge in [0.1, 0.15) is 5.78 Å². The summed E-state index contributed by atoms with van der Waals surface area (Å²) < 4.78 is 0. The minimum absolute atomic E-state index is 0.327. The van der Waals surface area contributed by atoms with Crippen LogP contribution in [-0.2, 0) is 4.79 Å². The van der Waals surface area contributed by atoms with E-state index in [-0.39, 0.29) is 11.5 Å². The van der Waals surface area contributed by atoms with Crippen molar-refractivity contribution in [2.45, 2.75) is 70.8 Å². The van der Waals surface area contributed by atoms with Crippen molar-refractivity contribution < 1.29 is 9.90 Å². The van der Waals surface area contributed by atoms with Gasteiger partial charge in [-0.15, -0.1) is 0 Å². The first-order valence-corrected chi connectivity index (χ1v) is 6.92. The van der Waals surface area contributed by atoms with Gasteiger partial charge >= 0.3 is 0 Å². The van der Waals surface area contributed by atoms with Gasteiger partial charge in [-0.05, 0) is 38.0 Å². The van der Waals surface area contributed by atoms with Gasteiger partial charge in [0.2, 0.25) is 0 Å². The lowest BCUT2D eigenvalue weighted by Gasteiger charge is -2.38. The molecule has 2 atom stereocenters. The molecule has 0 bridgehead atoms. The molecule has 0 unspecified atom stereocenters. The van der Waals surface area contributed by atoms with Crippen LogP contribution in [0.5, 0.6) is 0 Å². The Morgan fingerprint density at radius 2 is 2.00 bits per heavy atom. The molecule has 2 aliphatic rings. The molecule has 1 N–H and O–H groups in total. The lowest BCUT2D eigenvalue weighted by Crippen LogP contribution is -2.43. The van der Waals surface area contributed by atoms with Crippen LogP contribution in [0, 0.1) is 11.3 Å². The van der Waals surface area contributed by atoms with E-state index in [9.17, 15) is 9.90 Å². The van der Waals surface area contributed by atoms with Crippen LogP contribution in [0.25, 0.3) is 0 Å². The summed E-state index contributed by atoms with van der Waals surface area (Å²) in [5.74, 6) is 0.712. The Morgan fingerprint density at radius 3 is 2.50 bits per heavy atom. The zero-order valence-electron chi connectivity index (χ0n) is 10.4. The second kappa shape index (κ2) is 4.87. The molecule has 0 saturated heterocycles. The lowest BCUT2D eigenvalue weighted by atomic mass is 9.69. The topological polar surface area (TPSA) is 37.3 Å². The smallest absolute Gasteiger partial charge is 0.141 e. The van der Waals surface area contributed by atoms with Crippen molar-refractivity contribution in [2.75, 3.05) is 0 Å². The summed E-state index contributed by atoms with van der Waals surface area (Å²) >= 11 is 0. The molecular weight excluding hydrogens is 200 g/mol. The molecule has 0 aromatic heterocycles. The molecule has 2 nitrogen and oxygen atoms in total. The van der Waals surface area contributed by atoms with E-state index in [0.29, 0.717) is 18.1 Å². The minimum Gasteiger partial charge on any atom is -0.392 e. The van der Waals surface area contributed by atoms with E-state index in [4.69, 9.17) is 0 Å². The van der Waals surface area contributed by atoms with Crippen molar-refractivity contribution >= 4 is 5.78 Å². The Hall–Kier alpha value is -0.370. The fourth-order valence-electron chi connectivity index (χ4n) is 3.75. The van der Waals surface area contributed by atoms with Gasteiger partial charge in [0, 0.05) is 6.42 Å². The number of rotatable bonds is 3. The van der Waals surface area contributed by atoms with Crippen molar-refractivity contribution in [3.05, 3.63) is 0 Å². The second-order valence-electron chi connectivity index (χ2n) is 5.63. The van der Waals surface area contributed by atoms with Crippen LogP contribution in [0.3, 0.4) is 0 Å². The maximum Gasteiger partial charge on any atom is 0.141 e. The summed E-state index contributed by atoms with van der Waals surface area (Å²) in [4.78, 5) is 12.1. The standard InChI is InChI=1S/C14H24O2/c1-2-14(10-6-9-12(14)15)13(16)11-7-4-3-5-8-11/h11,13,16H,2-10H2,1H3/t13-,14+/m0/s1. The summed E-state index contributed by atoms with van der Waals surface area (Å²) in [6, 6.07) is 0. The third-order valence-corrected chi connectivity index (χ3v) is 4.88. The molecule has 2 heteroatoms. The first kappa shape index (κ1) is 12.1. The van der Waals surface area contributed by atoms with Gasteiger partial charge in [-0.2, -0.15) is 0 Å². The third-order valence-electron chi connectivity index (χ3n) is 4.88. The van der Waals surface area contributed by atoms with E-state index in [2.05, 4.69) is 6.92 Å². The third kappa shape index (κ3) is 1.92. The van der Waals surface area contributed by atoms with E-state index in [0.717, 1.165) is 32.1 Å². The van der Waals surface area contributed by atoms with Gasteiger partial charge in [-0.1, -0.05) is 26.2 Å². The van der Waals surface area contributed by atoms with E-state index in [1.165, 1.54) is 19.3 Å². The minimum atomic E-state index is -0.373. The Bertz CT molecular complexity index is 255. The average molecular weight is 224 g/mol. The van der Waals surface area contributed by atoms with Crippen LogP contribution in [-0.4, -0.2) is 17.0 Å². The summed E-state index contributed by atoms with van der Waals surface area (Å²) in [6.07, 6.45) is 9.05. The van der Waals surface area contributed by atoms with E-state index in [1.807, 2.05) is 0 Å². The van der Waals surface area contributed by atoms with Crippen molar-refractivity contribution in [1.82, 2.24) is 0 Å². The Kier molecular flexibility index (Phi) is 3.68. The summed E-state index contributed by atoms with van der Waals surface area (Å²) in [5, 5.41) is 10.6. The van der Waals surface area contributed by atoms with Crippen LogP contribution in [0.4, 0.5) is 0 Å². The fraction of sp³-hybridized carbons (Fsp3) is 0.929. The van der Waals surface area contributed by atoms with Crippen LogP contribution in [0.2, 0.25) is 0 Å². The average Bonchev–Trinajstić information content (AvgIpc) is 2.72. The summed E-state index contributed by atoms with van der Waals surface area (Å²) in [7, 11) is 0. The van der Waals surface area contributed by atoms with Gasteiger partial charge in [-0.25, -0.2) is 0 Å². The molecule has 2 rings (SSSR count). The van der Waals surface area contributed by atoms with Crippen LogP contribution < -0.4 is 0 Å². The van der Waals surface area contributed by atoms with Crippen molar-refractivity contribution in [2.24, 2.45) is 11.3 Å². The monoisotopic (exact) mass is 224 g/mol. The molecule has 0 aromatic carbocycles. The van der Waals surface area contributed by atoms with E-state index >= 15 is 0 Å². The molecule has 2 aliphatic carbocycles. The lowest BCUT2D eigenvalue weighted by molar-refractivity contribution is -0.136. The molecule has 0 aromatic rings. The predicted octanol–water partition coefficient (Wildman–Crippen LogP) is 3.08. The number of aliphatic hydroxyl groups excluding tert-OH is 1. The van der Waals surface area contributed by atoms with Gasteiger partial charge in [0.15, 0.2) is 0 Å². The molecule has 2 saturated carbocycles. The Morgan fingerprint density at radius 1 is 1.31 bits per heavy atom. The number of Topliss-reactive ketones (excluding diaryl/α,β-unsaturated/α-hetero) is 1. The highest BCUT2D eigenvalue weighted by atomic mass is 16.3. The molecule has 2 fully saturated rings. The highest BCUT2D eigenvalue weighted by molar-refractivity contribution is 5.87. The Balaban J connectivity index is 2.10.